The van der Waals surface area contributed by atoms with Crippen LogP contribution >= 0.6 is 0 Å². The molecule has 11 heteroatoms. The number of aryl methyl sites for hydroxylation is 1. The molecule has 0 radical (unpaired) electrons. The number of nitrogens with zero attached hydrogens (tertiary/aromatic N) is 3. The second-order valence-corrected chi connectivity index (χ2v) is 10.5. The monoisotopic (exact) mass is 506 g/mol. The zero-order valence-corrected chi connectivity index (χ0v) is 20.6. The van der Waals surface area contributed by atoms with Crippen molar-refractivity contribution in [2.75, 3.05) is 11.9 Å². The summed E-state index contributed by atoms with van der Waals surface area (Å²) < 4.78 is 44.1. The number of pyridine rings is 1. The Bertz CT molecular complexity index is 1260. The van der Waals surface area contributed by atoms with Crippen LogP contribution in [0.4, 0.5) is 24.9 Å². The van der Waals surface area contributed by atoms with Gasteiger partial charge < -0.3 is 19.9 Å². The highest BCUT2D eigenvalue weighted by Crippen LogP contribution is 2.35. The van der Waals surface area contributed by atoms with Crippen LogP contribution in [0.1, 0.15) is 51.2 Å². The summed E-state index contributed by atoms with van der Waals surface area (Å²) in [4.78, 5) is 7.71. The lowest BCUT2D eigenvalue weighted by molar-refractivity contribution is -0.376. The third kappa shape index (κ3) is 6.19. The lowest BCUT2D eigenvalue weighted by Gasteiger charge is -2.26. The first-order valence-corrected chi connectivity index (χ1v) is 11.8. The van der Waals surface area contributed by atoms with E-state index in [-0.39, 0.29) is 17.8 Å². The molecular weight excluding hydrogens is 475 g/mol. The summed E-state index contributed by atoms with van der Waals surface area (Å²) in [5.74, 6) is 0.147. The molecule has 1 unspecified atom stereocenters. The summed E-state index contributed by atoms with van der Waals surface area (Å²) in [6.45, 7) is 6.66. The van der Waals surface area contributed by atoms with E-state index in [1.165, 1.54) is 0 Å². The van der Waals surface area contributed by atoms with Crippen molar-refractivity contribution in [1.29, 1.82) is 0 Å². The molecule has 4 rings (SSSR count). The summed E-state index contributed by atoms with van der Waals surface area (Å²) >= 11 is 0. The zero-order chi connectivity index (χ0) is 26.3. The third-order valence-corrected chi connectivity index (χ3v) is 6.20. The summed E-state index contributed by atoms with van der Waals surface area (Å²) in [5.41, 5.74) is 2.68. The molecule has 1 aliphatic rings. The molecule has 1 fully saturated rings. The molecule has 1 aromatic carbocycles. The highest BCUT2D eigenvalue weighted by molar-refractivity contribution is 5.90. The number of halogens is 3. The number of hydrogen-bond donors (Lipinski definition) is 4. The van der Waals surface area contributed by atoms with E-state index < -0.39 is 30.3 Å². The van der Waals surface area contributed by atoms with E-state index in [1.54, 1.807) is 24.4 Å². The van der Waals surface area contributed by atoms with Crippen LogP contribution in [0.15, 0.2) is 22.6 Å². The van der Waals surface area contributed by atoms with E-state index in [4.69, 9.17) is 9.40 Å². The molecular formula is C25H31F3N5O3+. The maximum Gasteiger partial charge on any atom is 0.527 e. The van der Waals surface area contributed by atoms with Gasteiger partial charge in [-0.3, -0.25) is 0 Å². The van der Waals surface area contributed by atoms with Crippen LogP contribution in [-0.2, 0) is 5.41 Å². The van der Waals surface area contributed by atoms with Gasteiger partial charge in [-0.15, -0.1) is 0 Å². The molecule has 2 heterocycles. The number of aliphatic hydroxyl groups is 2. The van der Waals surface area contributed by atoms with Gasteiger partial charge in [-0.1, -0.05) is 20.8 Å². The summed E-state index contributed by atoms with van der Waals surface area (Å²) in [6, 6.07) is 5.29. The molecule has 0 aliphatic heterocycles. The predicted molar refractivity (Wildman–Crippen MR) is 129 cm³/mol. The quantitative estimate of drug-likeness (QED) is 0.393. The van der Waals surface area contributed by atoms with Crippen molar-refractivity contribution >= 4 is 28.8 Å². The Morgan fingerprint density at radius 1 is 1.08 bits per heavy atom. The molecule has 3 atom stereocenters. The first-order valence-electron chi connectivity index (χ1n) is 11.8. The van der Waals surface area contributed by atoms with Crippen molar-refractivity contribution in [3.05, 3.63) is 29.3 Å². The summed E-state index contributed by atoms with van der Waals surface area (Å²) in [6.07, 6.45) is -2.26. The predicted octanol–water partition coefficient (Wildman–Crippen LogP) is 3.17. The van der Waals surface area contributed by atoms with Gasteiger partial charge in [0.25, 0.3) is 5.89 Å². The normalized spacial score (nSPS) is 21.4. The van der Waals surface area contributed by atoms with Crippen molar-refractivity contribution in [3.8, 4) is 11.6 Å². The summed E-state index contributed by atoms with van der Waals surface area (Å²) in [7, 11) is 0. The van der Waals surface area contributed by atoms with Crippen molar-refractivity contribution in [2.24, 2.45) is 5.92 Å². The molecule has 0 saturated heterocycles. The van der Waals surface area contributed by atoms with E-state index in [0.717, 1.165) is 16.5 Å². The van der Waals surface area contributed by atoms with Gasteiger partial charge in [0.2, 0.25) is 0 Å². The smallest absolute Gasteiger partial charge is 0.393 e. The highest BCUT2D eigenvalue weighted by atomic mass is 19.4. The number of rotatable bonds is 5. The van der Waals surface area contributed by atoms with Crippen LogP contribution in [-0.4, -0.2) is 56.5 Å². The standard InChI is InChI=1S/C25H30F3N5O3/c1-13-5-20(22-32-33-23(36-22)29-11-14-6-16(34)10-17(35)7-14)31-21-18(13)8-15(30-12-25(26,27)28)9-19(21)24(2,3)4/h5,8-9,11,14,16-17,30,34-35H,6-7,10,12H2,1-4H3/p+1/b29-11-/t14?,16-,17+. The Labute approximate surface area is 206 Å². The number of aliphatic hydroxyl groups excluding tert-OH is 2. The minimum Gasteiger partial charge on any atom is -0.393 e. The van der Waals surface area contributed by atoms with Crippen LogP contribution < -0.4 is 10.3 Å². The molecule has 1 saturated carbocycles. The van der Waals surface area contributed by atoms with Gasteiger partial charge in [0, 0.05) is 22.1 Å². The number of hydrogen-bond acceptors (Lipinski definition) is 7. The minimum absolute atomic E-state index is 0.0466. The topological polar surface area (TPSA) is 118 Å². The van der Waals surface area contributed by atoms with Crippen LogP contribution in [0.3, 0.4) is 0 Å². The lowest BCUT2D eigenvalue weighted by Crippen LogP contribution is -2.63. The van der Waals surface area contributed by atoms with E-state index in [1.807, 2.05) is 27.7 Å². The van der Waals surface area contributed by atoms with E-state index in [2.05, 4.69) is 20.5 Å². The molecule has 0 spiro atoms. The SMILES string of the molecule is Cc1cc(-c2nnc(/[NH+]=C\C3C[C@@H](O)C[C@@H](O)C3)o2)nc2c(C(C)(C)C)cc(NCC(F)(F)F)cc12. The number of fused-ring (bicyclic) bond motifs is 1. The van der Waals surface area contributed by atoms with Crippen molar-refractivity contribution in [2.45, 2.75) is 70.8 Å². The fourth-order valence-electron chi connectivity index (χ4n) is 4.49. The Balaban J connectivity index is 1.66. The van der Waals surface area contributed by atoms with Crippen LogP contribution in [0, 0.1) is 12.8 Å². The van der Waals surface area contributed by atoms with E-state index in [0.29, 0.717) is 36.2 Å². The third-order valence-electron chi connectivity index (χ3n) is 6.20. The number of alkyl halides is 3. The Morgan fingerprint density at radius 3 is 2.42 bits per heavy atom. The maximum atomic E-state index is 12.8. The van der Waals surface area contributed by atoms with E-state index >= 15 is 0 Å². The molecule has 2 aromatic heterocycles. The Morgan fingerprint density at radius 2 is 1.78 bits per heavy atom. The Kier molecular flexibility index (Phi) is 7.07. The molecule has 4 N–H and O–H groups in total. The Hall–Kier alpha value is -3.05. The zero-order valence-electron chi connectivity index (χ0n) is 20.6. The van der Waals surface area contributed by atoms with Crippen molar-refractivity contribution < 1.29 is 32.8 Å². The second-order valence-electron chi connectivity index (χ2n) is 10.5. The number of aromatic nitrogens is 3. The lowest BCUT2D eigenvalue weighted by atomic mass is 9.84. The largest absolute Gasteiger partial charge is 0.527 e. The van der Waals surface area contributed by atoms with Gasteiger partial charge in [0.05, 0.1) is 23.9 Å². The molecule has 1 aliphatic carbocycles. The molecule has 0 amide bonds. The van der Waals surface area contributed by atoms with Gasteiger partial charge in [0.15, 0.2) is 0 Å². The molecule has 194 valence electrons. The first kappa shape index (κ1) is 26.0. The molecule has 8 nitrogen and oxygen atoms in total. The van der Waals surface area contributed by atoms with Gasteiger partial charge in [-0.2, -0.15) is 13.2 Å². The van der Waals surface area contributed by atoms with Crippen LogP contribution in [0.5, 0.6) is 0 Å². The van der Waals surface area contributed by atoms with Crippen molar-refractivity contribution in [3.63, 3.8) is 0 Å². The average molecular weight is 507 g/mol. The van der Waals surface area contributed by atoms with Crippen LogP contribution in [0.25, 0.3) is 22.5 Å². The van der Waals surface area contributed by atoms with Gasteiger partial charge in [-0.25, -0.2) is 9.98 Å². The van der Waals surface area contributed by atoms with Crippen molar-refractivity contribution in [1.82, 2.24) is 15.2 Å². The fourth-order valence-corrected chi connectivity index (χ4v) is 4.49. The average Bonchev–Trinajstić information content (AvgIpc) is 3.23. The number of nitrogens with one attached hydrogen (secondary N) is 2. The minimum atomic E-state index is -4.33. The molecule has 36 heavy (non-hydrogen) atoms. The summed E-state index contributed by atoms with van der Waals surface area (Å²) in [5, 5.41) is 31.0. The maximum absolute atomic E-state index is 12.8. The van der Waals surface area contributed by atoms with Gasteiger partial charge in [-0.05, 0) is 60.9 Å². The number of anilines is 1. The molecule has 3 aromatic rings. The highest BCUT2D eigenvalue weighted by Gasteiger charge is 2.29. The second kappa shape index (κ2) is 9.78. The van der Waals surface area contributed by atoms with Gasteiger partial charge >= 0.3 is 12.2 Å². The molecule has 0 bridgehead atoms. The van der Waals surface area contributed by atoms with Gasteiger partial charge in [0.1, 0.15) is 17.3 Å². The number of benzene rings is 1. The first-order chi connectivity index (χ1) is 16.8. The fraction of sp³-hybridized carbons (Fsp3) is 0.520. The van der Waals surface area contributed by atoms with Crippen LogP contribution in [0.2, 0.25) is 0 Å². The van der Waals surface area contributed by atoms with E-state index in [9.17, 15) is 23.4 Å².